The molecule has 0 saturated heterocycles. The highest BCUT2D eigenvalue weighted by Crippen LogP contribution is 2.26. The van der Waals surface area contributed by atoms with E-state index in [4.69, 9.17) is 4.74 Å². The maximum atomic E-state index is 12.1. The van der Waals surface area contributed by atoms with Crippen LogP contribution in [0.4, 0.5) is 5.69 Å². The van der Waals surface area contributed by atoms with Gasteiger partial charge in [-0.25, -0.2) is 4.68 Å². The van der Waals surface area contributed by atoms with E-state index in [9.17, 15) is 9.59 Å². The van der Waals surface area contributed by atoms with Crippen LogP contribution in [0.1, 0.15) is 19.3 Å². The summed E-state index contributed by atoms with van der Waals surface area (Å²) in [7, 11) is 2.98. The Balaban J connectivity index is 2.10. The number of hydrogen-bond acceptors (Lipinski definition) is 6. The Morgan fingerprint density at radius 3 is 2.90 bits per heavy atom. The molecule has 8 heteroatoms. The average Bonchev–Trinajstić information content (AvgIpc) is 2.94. The molecule has 2 rings (SSSR count). The lowest BCUT2D eigenvalue weighted by Gasteiger charge is -2.15. The number of rotatable bonds is 5. The molecule has 1 fully saturated rings. The molecule has 0 amide bonds. The number of esters is 1. The predicted octanol–water partition coefficient (Wildman–Crippen LogP) is 1.16. The smallest absolute Gasteiger partial charge is 0.327 e. The zero-order valence-electron chi connectivity index (χ0n) is 12.0. The molecule has 1 N–H and O–H groups in total. The fourth-order valence-electron chi connectivity index (χ4n) is 2.37. The molecule has 1 aromatic rings. The van der Waals surface area contributed by atoms with Crippen molar-refractivity contribution >= 4 is 27.6 Å². The highest BCUT2D eigenvalue weighted by atomic mass is 79.9. The number of methoxy groups -OCH3 is 2. The van der Waals surface area contributed by atoms with Crippen molar-refractivity contribution in [3.05, 3.63) is 21.0 Å². The Labute approximate surface area is 130 Å². The van der Waals surface area contributed by atoms with E-state index in [1.54, 1.807) is 7.11 Å². The average molecular weight is 360 g/mol. The van der Waals surface area contributed by atoms with Gasteiger partial charge in [-0.15, -0.1) is 0 Å². The molecule has 0 aromatic carbocycles. The van der Waals surface area contributed by atoms with Crippen molar-refractivity contribution < 1.29 is 14.3 Å². The lowest BCUT2D eigenvalue weighted by molar-refractivity contribution is -0.141. The van der Waals surface area contributed by atoms with Gasteiger partial charge in [0.25, 0.3) is 5.56 Å². The van der Waals surface area contributed by atoms with Gasteiger partial charge in [0.15, 0.2) is 0 Å². The largest absolute Gasteiger partial charge is 0.468 e. The van der Waals surface area contributed by atoms with Crippen LogP contribution in [0.5, 0.6) is 0 Å². The van der Waals surface area contributed by atoms with Crippen LogP contribution < -0.4 is 10.9 Å². The van der Waals surface area contributed by atoms with E-state index in [-0.39, 0.29) is 24.2 Å². The zero-order valence-corrected chi connectivity index (χ0v) is 13.6. The molecule has 2 atom stereocenters. The Morgan fingerprint density at radius 1 is 1.52 bits per heavy atom. The third kappa shape index (κ3) is 3.82. The number of carbonyl (C=O) groups is 1. The number of anilines is 1. The molecule has 0 spiro atoms. The van der Waals surface area contributed by atoms with Gasteiger partial charge in [-0.05, 0) is 35.2 Å². The summed E-state index contributed by atoms with van der Waals surface area (Å²) in [5.74, 6) is -0.518. The van der Waals surface area contributed by atoms with E-state index in [1.807, 2.05) is 0 Å². The zero-order chi connectivity index (χ0) is 15.4. The first kappa shape index (κ1) is 16.0. The van der Waals surface area contributed by atoms with Crippen LogP contribution in [0.25, 0.3) is 0 Å². The van der Waals surface area contributed by atoms with Crippen LogP contribution in [-0.4, -0.2) is 42.1 Å². The Morgan fingerprint density at radius 2 is 2.29 bits per heavy atom. The van der Waals surface area contributed by atoms with Crippen molar-refractivity contribution in [2.24, 2.45) is 0 Å². The number of nitrogens with one attached hydrogen (secondary N) is 1. The number of hydrogen-bond donors (Lipinski definition) is 1. The highest BCUT2D eigenvalue weighted by molar-refractivity contribution is 9.10. The number of halogens is 1. The second-order valence-electron chi connectivity index (χ2n) is 4.92. The summed E-state index contributed by atoms with van der Waals surface area (Å²) in [6.07, 6.45) is 4.67. The van der Waals surface area contributed by atoms with Gasteiger partial charge in [0.1, 0.15) is 11.0 Å². The highest BCUT2D eigenvalue weighted by Gasteiger charge is 2.25. The van der Waals surface area contributed by atoms with Gasteiger partial charge in [0, 0.05) is 13.2 Å². The molecule has 1 heterocycles. The summed E-state index contributed by atoms with van der Waals surface area (Å²) in [6, 6.07) is 0.254. The van der Waals surface area contributed by atoms with E-state index < -0.39 is 5.97 Å². The summed E-state index contributed by atoms with van der Waals surface area (Å²) in [4.78, 5) is 23.3. The molecule has 1 aliphatic carbocycles. The van der Waals surface area contributed by atoms with Crippen LogP contribution >= 0.6 is 15.9 Å². The minimum absolute atomic E-state index is 0.205. The maximum Gasteiger partial charge on any atom is 0.327 e. The standard InChI is InChI=1S/C13H18BrN3O4/c1-20-9-4-3-8(5-9)16-10-6-15-17(7-11(18)21-2)13(19)12(10)14/h6,8-9,16H,3-5,7H2,1-2H3. The van der Waals surface area contributed by atoms with Gasteiger partial charge in [-0.1, -0.05) is 0 Å². The molecule has 1 aromatic heterocycles. The summed E-state index contributed by atoms with van der Waals surface area (Å²) < 4.78 is 11.3. The van der Waals surface area contributed by atoms with Gasteiger partial charge in [-0.2, -0.15) is 5.10 Å². The van der Waals surface area contributed by atoms with E-state index in [0.29, 0.717) is 10.2 Å². The third-order valence-corrected chi connectivity index (χ3v) is 4.34. The second-order valence-corrected chi connectivity index (χ2v) is 5.72. The van der Waals surface area contributed by atoms with Crippen LogP contribution in [-0.2, 0) is 20.8 Å². The summed E-state index contributed by atoms with van der Waals surface area (Å²) in [5.41, 5.74) is 0.259. The normalized spacial score (nSPS) is 21.3. The minimum Gasteiger partial charge on any atom is -0.468 e. The first-order chi connectivity index (χ1) is 10.0. The fraction of sp³-hybridized carbons (Fsp3) is 0.615. The summed E-state index contributed by atoms with van der Waals surface area (Å²) in [5, 5.41) is 7.28. The molecule has 2 unspecified atom stereocenters. The topological polar surface area (TPSA) is 82.5 Å². The van der Waals surface area contributed by atoms with Crippen molar-refractivity contribution in [1.29, 1.82) is 0 Å². The lowest BCUT2D eigenvalue weighted by Crippen LogP contribution is -2.29. The lowest BCUT2D eigenvalue weighted by atomic mass is 10.2. The first-order valence-corrected chi connectivity index (χ1v) is 7.46. The molecule has 0 bridgehead atoms. The Bertz CT molecular complexity index is 575. The Hall–Kier alpha value is -1.41. The maximum absolute atomic E-state index is 12.1. The molecule has 0 aliphatic heterocycles. The van der Waals surface area contributed by atoms with Gasteiger partial charge >= 0.3 is 5.97 Å². The Kier molecular flexibility index (Phi) is 5.35. The van der Waals surface area contributed by atoms with Gasteiger partial charge in [0.2, 0.25) is 0 Å². The van der Waals surface area contributed by atoms with E-state index in [0.717, 1.165) is 23.9 Å². The van der Waals surface area contributed by atoms with Crippen molar-refractivity contribution in [3.63, 3.8) is 0 Å². The number of carbonyl (C=O) groups excluding carboxylic acids is 1. The molecular formula is C13H18BrN3O4. The summed E-state index contributed by atoms with van der Waals surface area (Å²) >= 11 is 3.26. The SMILES string of the molecule is COC(=O)Cn1ncc(NC2CCC(OC)C2)c(Br)c1=O. The number of nitrogens with zero attached hydrogens (tertiary/aromatic N) is 2. The minimum atomic E-state index is -0.518. The van der Waals surface area contributed by atoms with Gasteiger partial charge in [0.05, 0.1) is 25.1 Å². The predicted molar refractivity (Wildman–Crippen MR) is 80.3 cm³/mol. The molecular weight excluding hydrogens is 342 g/mol. The molecule has 0 radical (unpaired) electrons. The second kappa shape index (κ2) is 7.04. The number of aromatic nitrogens is 2. The molecule has 7 nitrogen and oxygen atoms in total. The molecule has 1 saturated carbocycles. The quantitative estimate of drug-likeness (QED) is 0.794. The molecule has 21 heavy (non-hydrogen) atoms. The van der Waals surface area contributed by atoms with Crippen molar-refractivity contribution in [3.8, 4) is 0 Å². The van der Waals surface area contributed by atoms with Crippen LogP contribution in [0.3, 0.4) is 0 Å². The van der Waals surface area contributed by atoms with Gasteiger partial charge < -0.3 is 14.8 Å². The molecule has 116 valence electrons. The summed E-state index contributed by atoms with van der Waals surface area (Å²) in [6.45, 7) is -0.205. The van der Waals surface area contributed by atoms with Crippen LogP contribution in [0, 0.1) is 0 Å². The monoisotopic (exact) mass is 359 g/mol. The van der Waals surface area contributed by atoms with E-state index >= 15 is 0 Å². The number of ether oxygens (including phenoxy) is 2. The van der Waals surface area contributed by atoms with Crippen LogP contribution in [0.2, 0.25) is 0 Å². The first-order valence-electron chi connectivity index (χ1n) is 6.67. The van der Waals surface area contributed by atoms with Crippen LogP contribution in [0.15, 0.2) is 15.5 Å². The molecule has 1 aliphatic rings. The third-order valence-electron chi connectivity index (χ3n) is 3.57. The van der Waals surface area contributed by atoms with Crippen molar-refractivity contribution in [2.45, 2.75) is 38.0 Å². The van der Waals surface area contributed by atoms with Crippen molar-refractivity contribution in [2.75, 3.05) is 19.5 Å². The van der Waals surface area contributed by atoms with Crippen molar-refractivity contribution in [1.82, 2.24) is 9.78 Å². The fourth-order valence-corrected chi connectivity index (χ4v) is 2.79. The van der Waals surface area contributed by atoms with E-state index in [1.165, 1.54) is 13.3 Å². The van der Waals surface area contributed by atoms with E-state index in [2.05, 4.69) is 31.1 Å². The van der Waals surface area contributed by atoms with Gasteiger partial charge in [-0.3, -0.25) is 9.59 Å².